The Balaban J connectivity index is 3.17. The molecule has 0 spiro atoms. The van der Waals surface area contributed by atoms with Crippen molar-refractivity contribution >= 4 is 18.6 Å². The van der Waals surface area contributed by atoms with E-state index in [-0.39, 0.29) is 6.42 Å². The van der Waals surface area contributed by atoms with E-state index in [0.717, 1.165) is 0 Å². The molecular weight excluding hydrogens is 216 g/mol. The second-order valence-electron chi connectivity index (χ2n) is 2.91. The van der Waals surface area contributed by atoms with E-state index in [1.807, 2.05) is 0 Å². The van der Waals surface area contributed by atoms with Crippen molar-refractivity contribution in [3.8, 4) is 11.5 Å². The summed E-state index contributed by atoms with van der Waals surface area (Å²) in [6, 6.07) is 3.30. The number of rotatable bonds is 4. The van der Waals surface area contributed by atoms with Crippen LogP contribution in [0.2, 0.25) is 0 Å². The van der Waals surface area contributed by atoms with E-state index in [4.69, 9.17) is 14.6 Å². The molecule has 0 aromatic heterocycles. The maximum Gasteiger partial charge on any atom is 0.307 e. The van der Waals surface area contributed by atoms with Gasteiger partial charge in [-0.3, -0.25) is 4.79 Å². The molecule has 5 heteroatoms. The molecule has 0 bridgehead atoms. The number of hydrogen-bond acceptors (Lipinski definition) is 4. The van der Waals surface area contributed by atoms with Gasteiger partial charge in [-0.25, -0.2) is 0 Å². The molecule has 0 fully saturated rings. The minimum atomic E-state index is -0.916. The summed E-state index contributed by atoms with van der Waals surface area (Å²) in [5.74, 6) is 0.149. The van der Waals surface area contributed by atoms with Crippen LogP contribution in [0.25, 0.3) is 0 Å². The number of aliphatic carboxylic acids is 1. The molecule has 15 heavy (non-hydrogen) atoms. The van der Waals surface area contributed by atoms with Gasteiger partial charge in [0.1, 0.15) is 11.5 Å². The van der Waals surface area contributed by atoms with Gasteiger partial charge in [0.05, 0.1) is 25.5 Å². The molecule has 0 atom stereocenters. The average Bonchev–Trinajstić information content (AvgIpc) is 2.20. The molecular formula is C10H12O4S. The van der Waals surface area contributed by atoms with Crippen LogP contribution in [0.5, 0.6) is 11.5 Å². The van der Waals surface area contributed by atoms with Gasteiger partial charge in [0.2, 0.25) is 0 Å². The first-order valence-electron chi connectivity index (χ1n) is 4.24. The Labute approximate surface area is 93.2 Å². The molecule has 4 nitrogen and oxygen atoms in total. The zero-order valence-corrected chi connectivity index (χ0v) is 9.38. The fraction of sp³-hybridized carbons (Fsp3) is 0.300. The number of ether oxygens (including phenoxy) is 2. The summed E-state index contributed by atoms with van der Waals surface area (Å²) in [5, 5.41) is 8.70. The minimum absolute atomic E-state index is 0.105. The van der Waals surface area contributed by atoms with Crippen molar-refractivity contribution in [3.63, 3.8) is 0 Å². The molecule has 1 aromatic carbocycles. The van der Waals surface area contributed by atoms with E-state index < -0.39 is 5.97 Å². The van der Waals surface area contributed by atoms with Crippen LogP contribution in [0.1, 0.15) is 5.56 Å². The number of benzene rings is 1. The monoisotopic (exact) mass is 228 g/mol. The molecule has 1 rings (SSSR count). The molecule has 0 heterocycles. The van der Waals surface area contributed by atoms with E-state index >= 15 is 0 Å². The molecule has 0 saturated carbocycles. The Morgan fingerprint density at radius 3 is 2.53 bits per heavy atom. The van der Waals surface area contributed by atoms with E-state index in [1.165, 1.54) is 14.2 Å². The zero-order valence-electron chi connectivity index (χ0n) is 8.48. The van der Waals surface area contributed by atoms with Crippen molar-refractivity contribution < 1.29 is 19.4 Å². The fourth-order valence-corrected chi connectivity index (χ4v) is 1.51. The van der Waals surface area contributed by atoms with Gasteiger partial charge in [-0.1, -0.05) is 0 Å². The van der Waals surface area contributed by atoms with Gasteiger partial charge in [-0.05, 0) is 11.6 Å². The Morgan fingerprint density at radius 2 is 2.07 bits per heavy atom. The first-order chi connectivity index (χ1) is 7.08. The Morgan fingerprint density at radius 1 is 1.40 bits per heavy atom. The third kappa shape index (κ3) is 2.79. The largest absolute Gasteiger partial charge is 0.497 e. The Hall–Kier alpha value is -1.36. The Kier molecular flexibility index (Phi) is 3.85. The lowest BCUT2D eigenvalue weighted by Crippen LogP contribution is -2.02. The summed E-state index contributed by atoms with van der Waals surface area (Å²) in [7, 11) is 3.01. The lowest BCUT2D eigenvalue weighted by atomic mass is 10.1. The number of carboxylic acid groups (broad SMARTS) is 1. The van der Waals surface area contributed by atoms with E-state index in [9.17, 15) is 4.79 Å². The summed E-state index contributed by atoms with van der Waals surface area (Å²) in [6.07, 6.45) is -0.105. The SMILES string of the molecule is COc1cc(CC(=O)O)c(S)c(OC)c1. The normalized spacial score (nSPS) is 9.80. The molecule has 0 amide bonds. The van der Waals surface area contributed by atoms with Gasteiger partial charge in [0.25, 0.3) is 0 Å². The van der Waals surface area contributed by atoms with Gasteiger partial charge >= 0.3 is 5.97 Å². The van der Waals surface area contributed by atoms with Crippen LogP contribution in [0.3, 0.4) is 0 Å². The highest BCUT2D eigenvalue weighted by molar-refractivity contribution is 7.80. The number of thiol groups is 1. The lowest BCUT2D eigenvalue weighted by molar-refractivity contribution is -0.136. The van der Waals surface area contributed by atoms with Crippen molar-refractivity contribution in [2.75, 3.05) is 14.2 Å². The molecule has 0 radical (unpaired) electrons. The second kappa shape index (κ2) is 4.93. The maximum atomic E-state index is 10.6. The van der Waals surface area contributed by atoms with Crippen molar-refractivity contribution in [1.29, 1.82) is 0 Å². The zero-order chi connectivity index (χ0) is 11.4. The standard InChI is InChI=1S/C10H12O4S/c1-13-7-3-6(4-9(11)12)10(15)8(5-7)14-2/h3,5,15H,4H2,1-2H3,(H,11,12). The topological polar surface area (TPSA) is 55.8 Å². The van der Waals surface area contributed by atoms with Crippen molar-refractivity contribution in [1.82, 2.24) is 0 Å². The third-order valence-electron chi connectivity index (χ3n) is 1.92. The predicted molar refractivity (Wildman–Crippen MR) is 58.1 cm³/mol. The quantitative estimate of drug-likeness (QED) is 0.769. The van der Waals surface area contributed by atoms with Crippen LogP contribution in [0.15, 0.2) is 17.0 Å². The highest BCUT2D eigenvalue weighted by atomic mass is 32.1. The molecule has 0 aliphatic rings. The molecule has 0 aliphatic carbocycles. The summed E-state index contributed by atoms with van der Waals surface area (Å²) >= 11 is 4.21. The van der Waals surface area contributed by atoms with E-state index in [0.29, 0.717) is 22.0 Å². The van der Waals surface area contributed by atoms with Gasteiger partial charge < -0.3 is 14.6 Å². The van der Waals surface area contributed by atoms with Gasteiger partial charge in [-0.15, -0.1) is 12.6 Å². The van der Waals surface area contributed by atoms with Crippen molar-refractivity contribution in [2.24, 2.45) is 0 Å². The Bertz CT molecular complexity index is 376. The highest BCUT2D eigenvalue weighted by Crippen LogP contribution is 2.31. The van der Waals surface area contributed by atoms with Crippen LogP contribution >= 0.6 is 12.6 Å². The second-order valence-corrected chi connectivity index (χ2v) is 3.36. The molecule has 0 saturated heterocycles. The summed E-state index contributed by atoms with van der Waals surface area (Å²) < 4.78 is 10.1. The van der Waals surface area contributed by atoms with Crippen LogP contribution in [0, 0.1) is 0 Å². The number of carboxylic acids is 1. The average molecular weight is 228 g/mol. The lowest BCUT2D eigenvalue weighted by Gasteiger charge is -2.10. The molecule has 0 unspecified atom stereocenters. The smallest absolute Gasteiger partial charge is 0.307 e. The maximum absolute atomic E-state index is 10.6. The number of hydrogen-bond donors (Lipinski definition) is 2. The minimum Gasteiger partial charge on any atom is -0.497 e. The third-order valence-corrected chi connectivity index (χ3v) is 2.43. The van der Waals surface area contributed by atoms with Gasteiger partial charge in [0, 0.05) is 6.07 Å². The predicted octanol–water partition coefficient (Wildman–Crippen LogP) is 1.62. The van der Waals surface area contributed by atoms with Crippen molar-refractivity contribution in [2.45, 2.75) is 11.3 Å². The van der Waals surface area contributed by atoms with Gasteiger partial charge in [0.15, 0.2) is 0 Å². The first-order valence-corrected chi connectivity index (χ1v) is 4.69. The molecule has 1 N–H and O–H groups in total. The van der Waals surface area contributed by atoms with Crippen LogP contribution in [-0.2, 0) is 11.2 Å². The van der Waals surface area contributed by atoms with E-state index in [1.54, 1.807) is 12.1 Å². The molecule has 82 valence electrons. The van der Waals surface area contributed by atoms with Crippen LogP contribution < -0.4 is 9.47 Å². The summed E-state index contributed by atoms with van der Waals surface area (Å²) in [5.41, 5.74) is 0.571. The molecule has 1 aromatic rings. The fourth-order valence-electron chi connectivity index (χ4n) is 1.21. The number of carbonyl (C=O) groups is 1. The summed E-state index contributed by atoms with van der Waals surface area (Å²) in [4.78, 5) is 11.1. The first kappa shape index (κ1) is 11.7. The van der Waals surface area contributed by atoms with E-state index in [2.05, 4.69) is 12.6 Å². The molecule has 0 aliphatic heterocycles. The highest BCUT2D eigenvalue weighted by Gasteiger charge is 2.11. The van der Waals surface area contributed by atoms with Crippen LogP contribution in [-0.4, -0.2) is 25.3 Å². The van der Waals surface area contributed by atoms with Gasteiger partial charge in [-0.2, -0.15) is 0 Å². The number of methoxy groups -OCH3 is 2. The van der Waals surface area contributed by atoms with Crippen LogP contribution in [0.4, 0.5) is 0 Å². The van der Waals surface area contributed by atoms with Crippen molar-refractivity contribution in [3.05, 3.63) is 17.7 Å². The summed E-state index contributed by atoms with van der Waals surface area (Å²) in [6.45, 7) is 0.